The molecule has 6 heteroatoms. The molecule has 0 aromatic carbocycles. The van der Waals surface area contributed by atoms with Crippen LogP contribution in [-0.2, 0) is 10.0 Å². The van der Waals surface area contributed by atoms with E-state index in [-0.39, 0.29) is 5.25 Å². The van der Waals surface area contributed by atoms with Crippen LogP contribution in [0.2, 0.25) is 0 Å². The fraction of sp³-hybridized carbons (Fsp3) is 0.929. The van der Waals surface area contributed by atoms with E-state index in [0.717, 1.165) is 64.2 Å². The van der Waals surface area contributed by atoms with E-state index in [1.54, 1.807) is 0 Å². The number of nitrogens with one attached hydrogen (secondary N) is 1. The number of nitrogens with two attached hydrogens (primary N) is 1. The topological polar surface area (TPSA) is 72.2 Å². The lowest BCUT2D eigenvalue weighted by Gasteiger charge is -2.36. The molecular formula is C14H26N2O2S2. The highest BCUT2D eigenvalue weighted by Gasteiger charge is 2.40. The molecule has 4 nitrogen and oxygen atoms in total. The van der Waals surface area contributed by atoms with E-state index in [0.29, 0.717) is 4.99 Å². The molecule has 0 radical (unpaired) electrons. The molecule has 0 aromatic rings. The summed E-state index contributed by atoms with van der Waals surface area (Å²) < 4.78 is 28.1. The van der Waals surface area contributed by atoms with Crippen LogP contribution in [0.25, 0.3) is 0 Å². The lowest BCUT2D eigenvalue weighted by molar-refractivity contribution is 0.370. The van der Waals surface area contributed by atoms with Gasteiger partial charge in [-0.05, 0) is 25.7 Å². The molecule has 2 rings (SSSR count). The first-order valence-electron chi connectivity index (χ1n) is 7.79. The van der Waals surface area contributed by atoms with Gasteiger partial charge in [-0.25, -0.2) is 13.1 Å². The molecule has 0 atom stereocenters. The Morgan fingerprint density at radius 1 is 1.00 bits per heavy atom. The normalized spacial score (nSPS) is 25.0. The summed E-state index contributed by atoms with van der Waals surface area (Å²) in [5, 5.41) is -0.251. The van der Waals surface area contributed by atoms with Crippen LogP contribution in [0.4, 0.5) is 0 Å². The Kier molecular flexibility index (Phi) is 5.42. The molecule has 2 saturated carbocycles. The number of rotatable bonds is 4. The average Bonchev–Trinajstić information content (AvgIpc) is 2.86. The fourth-order valence-corrected chi connectivity index (χ4v) is 5.76. The van der Waals surface area contributed by atoms with Crippen molar-refractivity contribution >= 4 is 27.2 Å². The van der Waals surface area contributed by atoms with Crippen LogP contribution < -0.4 is 10.5 Å². The minimum Gasteiger partial charge on any atom is -0.392 e. The van der Waals surface area contributed by atoms with Gasteiger partial charge in [0, 0.05) is 0 Å². The maximum atomic E-state index is 12.6. The summed E-state index contributed by atoms with van der Waals surface area (Å²) in [6.07, 6.45) is 10.5. The Morgan fingerprint density at radius 3 is 2.00 bits per heavy atom. The highest BCUT2D eigenvalue weighted by atomic mass is 32.2. The molecule has 0 unspecified atom stereocenters. The van der Waals surface area contributed by atoms with Crippen molar-refractivity contribution in [3.63, 3.8) is 0 Å². The highest BCUT2D eigenvalue weighted by molar-refractivity contribution is 7.90. The smallest absolute Gasteiger partial charge is 0.215 e. The first kappa shape index (κ1) is 16.2. The molecule has 2 aliphatic rings. The molecule has 116 valence electrons. The average molecular weight is 319 g/mol. The van der Waals surface area contributed by atoms with Crippen LogP contribution in [0.5, 0.6) is 0 Å². The van der Waals surface area contributed by atoms with E-state index in [9.17, 15) is 8.42 Å². The minimum atomic E-state index is -3.31. The predicted molar refractivity (Wildman–Crippen MR) is 86.1 cm³/mol. The monoisotopic (exact) mass is 318 g/mol. The number of hydrogen-bond donors (Lipinski definition) is 2. The van der Waals surface area contributed by atoms with Gasteiger partial charge >= 0.3 is 0 Å². The molecule has 3 N–H and O–H groups in total. The molecule has 0 aromatic heterocycles. The van der Waals surface area contributed by atoms with Crippen LogP contribution in [0.1, 0.15) is 70.6 Å². The molecular weight excluding hydrogens is 292 g/mol. The summed E-state index contributed by atoms with van der Waals surface area (Å²) in [4.78, 5) is 0.320. The van der Waals surface area contributed by atoms with Gasteiger partial charge in [0.1, 0.15) is 0 Å². The van der Waals surface area contributed by atoms with E-state index < -0.39 is 15.6 Å². The maximum absolute atomic E-state index is 12.6. The SMILES string of the molecule is NC(=S)C1(NS(=O)(=O)C2CCCC2)CCCCCCC1. The Morgan fingerprint density at radius 2 is 1.50 bits per heavy atom. The molecule has 2 aliphatic carbocycles. The molecule has 0 heterocycles. The zero-order valence-corrected chi connectivity index (χ0v) is 13.7. The molecule has 2 fully saturated rings. The molecule has 20 heavy (non-hydrogen) atoms. The second kappa shape index (κ2) is 6.71. The second-order valence-electron chi connectivity index (χ2n) is 6.27. The van der Waals surface area contributed by atoms with Crippen molar-refractivity contribution in [1.29, 1.82) is 0 Å². The van der Waals surface area contributed by atoms with Crippen molar-refractivity contribution in [2.45, 2.75) is 81.4 Å². The van der Waals surface area contributed by atoms with Crippen molar-refractivity contribution in [3.05, 3.63) is 0 Å². The fourth-order valence-electron chi connectivity index (χ4n) is 3.46. The summed E-state index contributed by atoms with van der Waals surface area (Å²) in [7, 11) is -3.31. The Bertz CT molecular complexity index is 434. The van der Waals surface area contributed by atoms with Crippen LogP contribution in [0.15, 0.2) is 0 Å². The van der Waals surface area contributed by atoms with Gasteiger partial charge < -0.3 is 5.73 Å². The number of hydrogen-bond acceptors (Lipinski definition) is 3. The predicted octanol–water partition coefficient (Wildman–Crippen LogP) is 2.62. The van der Waals surface area contributed by atoms with E-state index in [1.807, 2.05) is 0 Å². The highest BCUT2D eigenvalue weighted by Crippen LogP contribution is 2.31. The van der Waals surface area contributed by atoms with E-state index >= 15 is 0 Å². The van der Waals surface area contributed by atoms with Gasteiger partial charge in [-0.2, -0.15) is 0 Å². The van der Waals surface area contributed by atoms with Gasteiger partial charge in [0.05, 0.1) is 15.8 Å². The van der Waals surface area contributed by atoms with Crippen LogP contribution in [0, 0.1) is 0 Å². The third kappa shape index (κ3) is 3.71. The first-order chi connectivity index (χ1) is 9.46. The summed E-state index contributed by atoms with van der Waals surface area (Å²) in [5.41, 5.74) is 5.25. The molecule has 0 bridgehead atoms. The maximum Gasteiger partial charge on any atom is 0.215 e. The minimum absolute atomic E-state index is 0.251. The largest absolute Gasteiger partial charge is 0.392 e. The zero-order chi connectivity index (χ0) is 14.6. The molecule has 0 amide bonds. The Balaban J connectivity index is 2.16. The van der Waals surface area contributed by atoms with Gasteiger partial charge in [0.2, 0.25) is 10.0 Å². The van der Waals surface area contributed by atoms with Gasteiger partial charge in [0.15, 0.2) is 0 Å². The van der Waals surface area contributed by atoms with Gasteiger partial charge in [0.25, 0.3) is 0 Å². The summed E-state index contributed by atoms with van der Waals surface area (Å²) >= 11 is 5.23. The third-order valence-electron chi connectivity index (χ3n) is 4.76. The van der Waals surface area contributed by atoms with Crippen LogP contribution in [-0.4, -0.2) is 24.2 Å². The summed E-state index contributed by atoms with van der Waals surface area (Å²) in [5.74, 6) is 0. The lowest BCUT2D eigenvalue weighted by atomic mass is 9.85. The Labute approximate surface area is 127 Å². The molecule has 0 spiro atoms. The summed E-state index contributed by atoms with van der Waals surface area (Å²) in [6, 6.07) is 0. The van der Waals surface area contributed by atoms with E-state index in [2.05, 4.69) is 4.72 Å². The molecule has 0 saturated heterocycles. The second-order valence-corrected chi connectivity index (χ2v) is 8.67. The van der Waals surface area contributed by atoms with Gasteiger partial charge in [-0.1, -0.05) is 57.2 Å². The first-order valence-corrected chi connectivity index (χ1v) is 9.74. The van der Waals surface area contributed by atoms with E-state index in [4.69, 9.17) is 18.0 Å². The summed E-state index contributed by atoms with van der Waals surface area (Å²) in [6.45, 7) is 0. The Hall–Kier alpha value is -0.200. The van der Waals surface area contributed by atoms with Crippen LogP contribution >= 0.6 is 12.2 Å². The van der Waals surface area contributed by atoms with Crippen LogP contribution in [0.3, 0.4) is 0 Å². The van der Waals surface area contributed by atoms with Crippen molar-refractivity contribution in [1.82, 2.24) is 4.72 Å². The lowest BCUT2D eigenvalue weighted by Crippen LogP contribution is -2.58. The number of sulfonamides is 1. The third-order valence-corrected chi connectivity index (χ3v) is 7.17. The number of thiocarbonyl (C=S) groups is 1. The quantitative estimate of drug-likeness (QED) is 0.782. The molecule has 0 aliphatic heterocycles. The van der Waals surface area contributed by atoms with E-state index in [1.165, 1.54) is 6.42 Å². The van der Waals surface area contributed by atoms with Crippen molar-refractivity contribution in [2.24, 2.45) is 5.73 Å². The van der Waals surface area contributed by atoms with Crippen molar-refractivity contribution < 1.29 is 8.42 Å². The van der Waals surface area contributed by atoms with Gasteiger partial charge in [-0.3, -0.25) is 0 Å². The standard InChI is InChI=1S/C14H26N2O2S2/c15-13(19)14(10-6-2-1-3-7-11-14)16-20(17,18)12-8-4-5-9-12/h12,16H,1-11H2,(H2,15,19). The van der Waals surface area contributed by atoms with Gasteiger partial charge in [-0.15, -0.1) is 0 Å². The van der Waals surface area contributed by atoms with Crippen molar-refractivity contribution in [3.8, 4) is 0 Å². The zero-order valence-electron chi connectivity index (χ0n) is 12.1. The van der Waals surface area contributed by atoms with Crippen molar-refractivity contribution in [2.75, 3.05) is 0 Å².